The van der Waals surface area contributed by atoms with Gasteiger partial charge in [0.2, 0.25) is 5.88 Å². The van der Waals surface area contributed by atoms with Crippen LogP contribution in [-0.2, 0) is 17.8 Å². The van der Waals surface area contributed by atoms with Crippen molar-refractivity contribution in [1.29, 1.82) is 0 Å². The number of hydrogen-bond donors (Lipinski definition) is 1. The third-order valence-corrected chi connectivity index (χ3v) is 6.61. The smallest absolute Gasteiger partial charge is 0.307 e. The molecule has 0 radical (unpaired) electrons. The number of fused-ring (bicyclic) bond motifs is 4. The lowest BCUT2D eigenvalue weighted by molar-refractivity contribution is -0.139. The maximum absolute atomic E-state index is 11.3. The predicted molar refractivity (Wildman–Crippen MR) is 115 cm³/mol. The van der Waals surface area contributed by atoms with Crippen molar-refractivity contribution in [2.24, 2.45) is 11.8 Å². The summed E-state index contributed by atoms with van der Waals surface area (Å²) in [6.07, 6.45) is 2.61. The van der Waals surface area contributed by atoms with Crippen LogP contribution >= 0.6 is 0 Å². The van der Waals surface area contributed by atoms with Crippen molar-refractivity contribution in [3.63, 3.8) is 0 Å². The number of benzene rings is 2. The number of hydrogen-bond acceptors (Lipinski definition) is 5. The molecule has 6 nitrogen and oxygen atoms in total. The second-order valence-electron chi connectivity index (χ2n) is 8.41. The maximum atomic E-state index is 11.3. The van der Waals surface area contributed by atoms with E-state index in [0.717, 1.165) is 41.2 Å². The van der Waals surface area contributed by atoms with Crippen LogP contribution in [0.1, 0.15) is 22.6 Å². The second-order valence-corrected chi connectivity index (χ2v) is 8.41. The van der Waals surface area contributed by atoms with E-state index in [1.807, 2.05) is 36.4 Å². The van der Waals surface area contributed by atoms with Gasteiger partial charge in [0.25, 0.3) is 0 Å². The van der Waals surface area contributed by atoms with Crippen LogP contribution in [0.2, 0.25) is 0 Å². The first-order chi connectivity index (χ1) is 15.2. The summed E-state index contributed by atoms with van der Waals surface area (Å²) in [5.74, 6) is 0.906. The van der Waals surface area contributed by atoms with E-state index in [1.165, 1.54) is 5.56 Å². The summed E-state index contributed by atoms with van der Waals surface area (Å²) in [4.78, 5) is 18.0. The predicted octanol–water partition coefficient (Wildman–Crippen LogP) is 4.16. The van der Waals surface area contributed by atoms with Crippen molar-refractivity contribution < 1.29 is 19.4 Å². The van der Waals surface area contributed by atoms with E-state index in [2.05, 4.69) is 28.1 Å². The summed E-state index contributed by atoms with van der Waals surface area (Å²) >= 11 is 0. The van der Waals surface area contributed by atoms with Crippen molar-refractivity contribution in [3.05, 3.63) is 77.5 Å². The Morgan fingerprint density at radius 2 is 2.06 bits per heavy atom. The van der Waals surface area contributed by atoms with Gasteiger partial charge in [-0.3, -0.25) is 4.79 Å². The Morgan fingerprint density at radius 1 is 1.19 bits per heavy atom. The fourth-order valence-corrected chi connectivity index (χ4v) is 5.07. The number of aromatic nitrogens is 1. The Bertz CT molecular complexity index is 1160. The molecular formula is C25H22N2O4. The van der Waals surface area contributed by atoms with Crippen molar-refractivity contribution in [1.82, 2.24) is 4.98 Å². The van der Waals surface area contributed by atoms with Gasteiger partial charge in [0.1, 0.15) is 19.0 Å². The lowest BCUT2D eigenvalue weighted by atomic mass is 10.0. The molecule has 6 rings (SSSR count). The summed E-state index contributed by atoms with van der Waals surface area (Å²) in [5.41, 5.74) is 5.48. The second kappa shape index (κ2) is 7.01. The molecule has 1 aromatic heterocycles. The van der Waals surface area contributed by atoms with Crippen molar-refractivity contribution in [3.8, 4) is 11.6 Å². The van der Waals surface area contributed by atoms with Gasteiger partial charge in [0.15, 0.2) is 0 Å². The Labute approximate surface area is 180 Å². The van der Waals surface area contributed by atoms with Crippen LogP contribution < -0.4 is 14.4 Å². The number of aliphatic carboxylic acids is 1. The number of pyridine rings is 1. The van der Waals surface area contributed by atoms with Gasteiger partial charge in [-0.25, -0.2) is 4.98 Å². The summed E-state index contributed by atoms with van der Waals surface area (Å²) in [6, 6.07) is 18.4. The van der Waals surface area contributed by atoms with Gasteiger partial charge in [0.05, 0.1) is 18.2 Å². The number of para-hydroxylation sites is 1. The Morgan fingerprint density at radius 3 is 2.90 bits per heavy atom. The molecule has 0 unspecified atom stereocenters. The zero-order chi connectivity index (χ0) is 20.9. The van der Waals surface area contributed by atoms with Crippen LogP contribution in [0.4, 0.5) is 11.4 Å². The molecule has 156 valence electrons. The minimum absolute atomic E-state index is 0.138. The third kappa shape index (κ3) is 3.10. The first-order valence-electron chi connectivity index (χ1n) is 10.6. The molecule has 0 bridgehead atoms. The molecule has 1 aliphatic heterocycles. The fourth-order valence-electron chi connectivity index (χ4n) is 5.07. The van der Waals surface area contributed by atoms with Crippen molar-refractivity contribution in [2.45, 2.75) is 18.9 Å². The van der Waals surface area contributed by atoms with Crippen LogP contribution in [0.25, 0.3) is 0 Å². The van der Waals surface area contributed by atoms with Crippen molar-refractivity contribution >= 4 is 17.3 Å². The molecule has 31 heavy (non-hydrogen) atoms. The highest BCUT2D eigenvalue weighted by Crippen LogP contribution is 2.61. The SMILES string of the molecule is O=C(O)[C@H]1[C@@H]2Cc3cc(OCc4ccc5c(c4)N(c4ccccc4)CCO5)ncc3[C@@H]21. The van der Waals surface area contributed by atoms with E-state index < -0.39 is 5.97 Å². The molecule has 0 spiro atoms. The monoisotopic (exact) mass is 414 g/mol. The first-order valence-corrected chi connectivity index (χ1v) is 10.6. The quantitative estimate of drug-likeness (QED) is 0.676. The third-order valence-electron chi connectivity index (χ3n) is 6.61. The van der Waals surface area contributed by atoms with E-state index in [0.29, 0.717) is 19.1 Å². The maximum Gasteiger partial charge on any atom is 0.307 e. The van der Waals surface area contributed by atoms with Crippen LogP contribution in [0.3, 0.4) is 0 Å². The van der Waals surface area contributed by atoms with Crippen molar-refractivity contribution in [2.75, 3.05) is 18.1 Å². The number of carbonyl (C=O) groups is 1. The number of ether oxygens (including phenoxy) is 2. The van der Waals surface area contributed by atoms with E-state index in [4.69, 9.17) is 9.47 Å². The number of carboxylic acid groups (broad SMARTS) is 1. The topological polar surface area (TPSA) is 71.9 Å². The zero-order valence-electron chi connectivity index (χ0n) is 16.9. The molecule has 0 saturated heterocycles. The normalized spacial score (nSPS) is 22.7. The lowest BCUT2D eigenvalue weighted by Gasteiger charge is -2.31. The summed E-state index contributed by atoms with van der Waals surface area (Å²) in [6.45, 7) is 1.86. The average molecular weight is 414 g/mol. The molecule has 6 heteroatoms. The molecule has 1 saturated carbocycles. The van der Waals surface area contributed by atoms with Gasteiger partial charge < -0.3 is 19.5 Å². The molecule has 3 aliphatic rings. The molecule has 2 heterocycles. The first kappa shape index (κ1) is 18.2. The molecule has 0 amide bonds. The van der Waals surface area contributed by atoms with Gasteiger partial charge in [-0.15, -0.1) is 0 Å². The Balaban J connectivity index is 1.19. The van der Waals surface area contributed by atoms with Gasteiger partial charge in [-0.1, -0.05) is 24.3 Å². The number of carboxylic acids is 1. The molecule has 3 aromatic rings. The highest BCUT2D eigenvalue weighted by molar-refractivity contribution is 5.77. The van der Waals surface area contributed by atoms with E-state index in [9.17, 15) is 9.90 Å². The van der Waals surface area contributed by atoms with Gasteiger partial charge in [0, 0.05) is 23.9 Å². The number of anilines is 2. The molecule has 2 aromatic carbocycles. The highest BCUT2D eigenvalue weighted by Gasteiger charge is 2.59. The van der Waals surface area contributed by atoms with Gasteiger partial charge >= 0.3 is 5.97 Å². The molecule has 1 fully saturated rings. The summed E-state index contributed by atoms with van der Waals surface area (Å²) in [7, 11) is 0. The number of nitrogens with zero attached hydrogens (tertiary/aromatic N) is 2. The van der Waals surface area contributed by atoms with Crippen LogP contribution in [0.15, 0.2) is 60.8 Å². The molecule has 3 atom stereocenters. The minimum Gasteiger partial charge on any atom is -0.490 e. The lowest BCUT2D eigenvalue weighted by Crippen LogP contribution is -2.28. The minimum atomic E-state index is -0.693. The van der Waals surface area contributed by atoms with Gasteiger partial charge in [-0.2, -0.15) is 0 Å². The largest absolute Gasteiger partial charge is 0.490 e. The summed E-state index contributed by atoms with van der Waals surface area (Å²) < 4.78 is 11.8. The van der Waals surface area contributed by atoms with Crippen LogP contribution in [0, 0.1) is 11.8 Å². The average Bonchev–Trinajstić information content (AvgIpc) is 3.40. The highest BCUT2D eigenvalue weighted by atomic mass is 16.5. The standard InChI is InChI=1S/C25H22N2O4/c28-25(29)24-18-11-16-12-22(26-13-19(16)23(18)24)31-14-15-6-7-21-20(10-15)27(8-9-30-21)17-4-2-1-3-5-17/h1-7,10,12-13,18,23-24H,8-9,11,14H2,(H,28,29)/t18-,23-,24+/m1/s1. The Kier molecular flexibility index (Phi) is 4.13. The molecule has 2 aliphatic carbocycles. The van der Waals surface area contributed by atoms with E-state index in [1.54, 1.807) is 6.20 Å². The molecular weight excluding hydrogens is 392 g/mol. The zero-order valence-corrected chi connectivity index (χ0v) is 16.9. The molecule has 1 N–H and O–H groups in total. The van der Waals surface area contributed by atoms with Gasteiger partial charge in [-0.05, 0) is 53.3 Å². The van der Waals surface area contributed by atoms with E-state index in [-0.39, 0.29) is 17.8 Å². The number of rotatable bonds is 5. The summed E-state index contributed by atoms with van der Waals surface area (Å²) in [5, 5.41) is 9.27. The van der Waals surface area contributed by atoms with Crippen LogP contribution in [-0.4, -0.2) is 29.2 Å². The fraction of sp³-hybridized carbons (Fsp3) is 0.280. The Hall–Kier alpha value is -3.54. The van der Waals surface area contributed by atoms with Crippen LogP contribution in [0.5, 0.6) is 11.6 Å². The van der Waals surface area contributed by atoms with E-state index >= 15 is 0 Å².